The highest BCUT2D eigenvalue weighted by Crippen LogP contribution is 2.65. The summed E-state index contributed by atoms with van der Waals surface area (Å²) in [5, 5.41) is 12.0. The van der Waals surface area contributed by atoms with Crippen LogP contribution in [-0.2, 0) is 13.6 Å². The predicted octanol–water partition coefficient (Wildman–Crippen LogP) is 8.22. The van der Waals surface area contributed by atoms with Crippen molar-refractivity contribution >= 4 is 13.3 Å². The van der Waals surface area contributed by atoms with Crippen LogP contribution < -0.4 is 4.90 Å². The molecule has 7 atom stereocenters. The third-order valence-corrected chi connectivity index (χ3v) is 11.3. The molecule has 1 aromatic carbocycles. The number of nitro groups is 1. The fourth-order valence-electron chi connectivity index (χ4n) is 6.54. The largest absolute Gasteiger partial charge is 0.378 e. The van der Waals surface area contributed by atoms with E-state index in [9.17, 15) is 10.1 Å². The van der Waals surface area contributed by atoms with Gasteiger partial charge in [0.15, 0.2) is 5.66 Å². The minimum Gasteiger partial charge on any atom is -0.378 e. The van der Waals surface area contributed by atoms with Gasteiger partial charge in [0.25, 0.3) is 0 Å². The summed E-state index contributed by atoms with van der Waals surface area (Å²) in [5.74, 6) is 2.15. The van der Waals surface area contributed by atoms with Gasteiger partial charge in [-0.25, -0.2) is 0 Å². The van der Waals surface area contributed by atoms with Crippen LogP contribution >= 0.6 is 7.60 Å². The van der Waals surface area contributed by atoms with Gasteiger partial charge < -0.3 is 13.9 Å². The van der Waals surface area contributed by atoms with Gasteiger partial charge in [-0.2, -0.15) is 0 Å². The summed E-state index contributed by atoms with van der Waals surface area (Å²) in [7, 11) is -0.0403. The molecule has 0 N–H and O–H groups in total. The second-order valence-electron chi connectivity index (χ2n) is 13.0. The molecule has 216 valence electrons. The monoisotopic (exact) mass is 550 g/mol. The normalized spacial score (nSPS) is 29.4. The Morgan fingerprint density at radius 3 is 1.71 bits per heavy atom. The second-order valence-corrected chi connectivity index (χ2v) is 15.1. The Labute approximate surface area is 230 Å². The van der Waals surface area contributed by atoms with Crippen molar-refractivity contribution < 1.29 is 18.5 Å². The van der Waals surface area contributed by atoms with Crippen LogP contribution in [0.4, 0.5) is 5.69 Å². The Morgan fingerprint density at radius 1 is 0.895 bits per heavy atom. The number of benzene rings is 1. The molecule has 0 saturated heterocycles. The van der Waals surface area contributed by atoms with E-state index < -0.39 is 19.8 Å². The minimum atomic E-state index is -3.94. The molecular weight excluding hydrogens is 499 g/mol. The first kappa shape index (κ1) is 31.1. The predicted molar refractivity (Wildman–Crippen MR) is 155 cm³/mol. The summed E-state index contributed by atoms with van der Waals surface area (Å²) in [6.45, 7) is 12.7. The van der Waals surface area contributed by atoms with Crippen LogP contribution in [0.25, 0.3) is 0 Å². The number of nitrogens with zero attached hydrogens (tertiary/aromatic N) is 2. The molecule has 2 fully saturated rings. The number of anilines is 1. The zero-order chi connectivity index (χ0) is 28.2. The Balaban J connectivity index is 2.07. The van der Waals surface area contributed by atoms with E-state index in [0.717, 1.165) is 44.2 Å². The molecule has 2 aliphatic carbocycles. The van der Waals surface area contributed by atoms with E-state index in [1.165, 1.54) is 0 Å². The lowest BCUT2D eigenvalue weighted by atomic mass is 9.75. The standard InChI is InChI=1S/C30H51N2O5P/c1-20(2)26-15-9-22(5)17-28(26)36-38(35,37-29-18-23(6)10-16-27(29)21(3)4)30(19-32(33)34)24-11-13-25(14-12-24)31(7)8/h11-14,20-23,26-30H,9-10,15-19H2,1-8H3/t22-,23-,26-,27-,28-,29-,30-/m1/s1. The van der Waals surface area contributed by atoms with Gasteiger partial charge in [0.2, 0.25) is 6.54 Å². The van der Waals surface area contributed by atoms with Crippen LogP contribution in [0.5, 0.6) is 0 Å². The summed E-state index contributed by atoms with van der Waals surface area (Å²) in [4.78, 5) is 13.6. The Hall–Kier alpha value is -1.43. The molecule has 2 saturated carbocycles. The highest BCUT2D eigenvalue weighted by atomic mass is 31.2. The maximum atomic E-state index is 15.2. The second kappa shape index (κ2) is 13.3. The maximum absolute atomic E-state index is 15.2. The smallest absolute Gasteiger partial charge is 0.345 e. The molecule has 0 heterocycles. The van der Waals surface area contributed by atoms with Gasteiger partial charge in [0, 0.05) is 24.7 Å². The molecule has 3 rings (SSSR count). The first-order valence-electron chi connectivity index (χ1n) is 14.7. The summed E-state index contributed by atoms with van der Waals surface area (Å²) < 4.78 is 28.6. The van der Waals surface area contributed by atoms with E-state index in [1.54, 1.807) is 0 Å². The Kier molecular flexibility index (Phi) is 10.9. The highest BCUT2D eigenvalue weighted by Gasteiger charge is 2.48. The SMILES string of the molecule is CC(C)[C@H]1CC[C@@H](C)C[C@H]1OP(=O)(O[C@@H]1C[C@H](C)CC[C@@H]1C(C)C)[C@H](C[N+](=O)[O-])c1ccc(N(C)C)cc1. The molecule has 1 aromatic rings. The molecular formula is C30H51N2O5P. The van der Waals surface area contributed by atoms with E-state index in [0.29, 0.717) is 29.2 Å². The summed E-state index contributed by atoms with van der Waals surface area (Å²) >= 11 is 0. The molecule has 2 aliphatic rings. The Morgan fingerprint density at radius 2 is 1.34 bits per heavy atom. The zero-order valence-corrected chi connectivity index (χ0v) is 25.7. The molecule has 0 spiro atoms. The molecule has 7 nitrogen and oxygen atoms in total. The van der Waals surface area contributed by atoms with Gasteiger partial charge in [0.1, 0.15) is 0 Å². The topological polar surface area (TPSA) is 81.9 Å². The fourth-order valence-corrected chi connectivity index (χ4v) is 9.00. The lowest BCUT2D eigenvalue weighted by Gasteiger charge is -2.43. The maximum Gasteiger partial charge on any atom is 0.345 e. The summed E-state index contributed by atoms with van der Waals surface area (Å²) in [5.41, 5.74) is 0.668. The quantitative estimate of drug-likeness (QED) is 0.157. The van der Waals surface area contributed by atoms with Crippen molar-refractivity contribution in [3.05, 3.63) is 39.9 Å². The number of rotatable bonds is 11. The van der Waals surface area contributed by atoms with Crippen LogP contribution in [0.1, 0.15) is 91.3 Å². The third kappa shape index (κ3) is 7.82. The molecule has 0 aromatic heterocycles. The molecule has 0 bridgehead atoms. The van der Waals surface area contributed by atoms with Gasteiger partial charge >= 0.3 is 7.60 Å². The van der Waals surface area contributed by atoms with Gasteiger partial charge in [0.05, 0.1) is 12.2 Å². The van der Waals surface area contributed by atoms with Crippen LogP contribution in [0, 0.1) is 45.6 Å². The van der Waals surface area contributed by atoms with E-state index >= 15 is 4.57 Å². The van der Waals surface area contributed by atoms with Gasteiger partial charge in [-0.15, -0.1) is 0 Å². The first-order chi connectivity index (χ1) is 17.8. The average Bonchev–Trinajstić information content (AvgIpc) is 2.82. The van der Waals surface area contributed by atoms with Crippen LogP contribution in [0.2, 0.25) is 0 Å². The van der Waals surface area contributed by atoms with E-state index in [2.05, 4.69) is 41.5 Å². The van der Waals surface area contributed by atoms with E-state index in [-0.39, 0.29) is 29.0 Å². The molecule has 38 heavy (non-hydrogen) atoms. The van der Waals surface area contributed by atoms with Gasteiger partial charge in [-0.1, -0.05) is 66.5 Å². The van der Waals surface area contributed by atoms with Crippen molar-refractivity contribution in [3.63, 3.8) is 0 Å². The van der Waals surface area contributed by atoms with Crippen LogP contribution in [-0.4, -0.2) is 37.8 Å². The first-order valence-corrected chi connectivity index (χ1v) is 16.3. The Bertz CT molecular complexity index is 912. The van der Waals surface area contributed by atoms with Crippen molar-refractivity contribution in [3.8, 4) is 0 Å². The molecule has 8 heteroatoms. The number of hydrogen-bond donors (Lipinski definition) is 0. The zero-order valence-electron chi connectivity index (χ0n) is 24.8. The van der Waals surface area contributed by atoms with Gasteiger partial charge in [-0.05, 0) is 78.9 Å². The fraction of sp³-hybridized carbons (Fsp3) is 0.800. The average molecular weight is 551 g/mol. The molecule has 0 aliphatic heterocycles. The van der Waals surface area contributed by atoms with Crippen LogP contribution in [0.15, 0.2) is 24.3 Å². The number of hydrogen-bond acceptors (Lipinski definition) is 6. The van der Waals surface area contributed by atoms with Gasteiger partial charge in [-0.3, -0.25) is 14.7 Å². The summed E-state index contributed by atoms with van der Waals surface area (Å²) in [6.07, 6.45) is 5.38. The van der Waals surface area contributed by atoms with Crippen molar-refractivity contribution in [2.24, 2.45) is 35.5 Å². The molecule has 0 unspecified atom stereocenters. The lowest BCUT2D eigenvalue weighted by Crippen LogP contribution is -2.37. The lowest BCUT2D eigenvalue weighted by molar-refractivity contribution is -0.480. The van der Waals surface area contributed by atoms with Crippen molar-refractivity contribution in [2.75, 3.05) is 25.5 Å². The highest BCUT2D eigenvalue weighted by molar-refractivity contribution is 7.54. The van der Waals surface area contributed by atoms with E-state index in [1.807, 2.05) is 43.3 Å². The minimum absolute atomic E-state index is 0.238. The van der Waals surface area contributed by atoms with Crippen molar-refractivity contribution in [1.29, 1.82) is 0 Å². The van der Waals surface area contributed by atoms with Crippen LogP contribution in [0.3, 0.4) is 0 Å². The van der Waals surface area contributed by atoms with Crippen molar-refractivity contribution in [2.45, 2.75) is 97.9 Å². The molecule has 0 radical (unpaired) electrons. The summed E-state index contributed by atoms with van der Waals surface area (Å²) in [6, 6.07) is 7.56. The van der Waals surface area contributed by atoms with Crippen molar-refractivity contribution in [1.82, 2.24) is 0 Å². The van der Waals surface area contributed by atoms with E-state index in [4.69, 9.17) is 9.05 Å². The molecule has 0 amide bonds. The third-order valence-electron chi connectivity index (χ3n) is 8.99.